The molecular weight excluding hydrogens is 765 g/mol. The van der Waals surface area contributed by atoms with Gasteiger partial charge in [0, 0.05) is 49.6 Å². The van der Waals surface area contributed by atoms with E-state index in [0.717, 1.165) is 66.9 Å². The summed E-state index contributed by atoms with van der Waals surface area (Å²) in [5, 5.41) is 12.2. The highest BCUT2D eigenvalue weighted by Gasteiger charge is 2.23. The molecule has 0 amide bonds. The maximum atomic E-state index is 6.70. The van der Waals surface area contributed by atoms with Crippen LogP contribution in [0.5, 0.6) is 0 Å². The maximum absolute atomic E-state index is 6.70. The van der Waals surface area contributed by atoms with Crippen LogP contribution < -0.4 is 4.90 Å². The molecule has 0 saturated carbocycles. The van der Waals surface area contributed by atoms with Crippen molar-refractivity contribution in [3.05, 3.63) is 231 Å². The highest BCUT2D eigenvalue weighted by molar-refractivity contribution is 6.26. The maximum Gasteiger partial charge on any atom is 0.143 e. The molecule has 11 aromatic carbocycles. The van der Waals surface area contributed by atoms with Crippen LogP contribution in [0.25, 0.3) is 104 Å². The summed E-state index contributed by atoms with van der Waals surface area (Å²) < 4.78 is 9.12. The minimum absolute atomic E-state index is 0.885. The Bertz CT molecular complexity index is 3860. The van der Waals surface area contributed by atoms with E-state index in [9.17, 15) is 0 Å². The molecule has 0 unspecified atom stereocenters. The number of rotatable bonds is 6. The largest absolute Gasteiger partial charge is 0.455 e. The molecule has 0 atom stereocenters. The molecule has 0 aliphatic heterocycles. The highest BCUT2D eigenvalue weighted by atomic mass is 16.3. The third-order valence-corrected chi connectivity index (χ3v) is 13.0. The molecule has 3 nitrogen and oxygen atoms in total. The molecular formula is C60H38N2O. The van der Waals surface area contributed by atoms with Gasteiger partial charge >= 0.3 is 0 Å². The number of fused-ring (bicyclic) bond motifs is 12. The van der Waals surface area contributed by atoms with Crippen molar-refractivity contribution in [2.24, 2.45) is 0 Å². The first-order valence-corrected chi connectivity index (χ1v) is 21.6. The summed E-state index contributed by atoms with van der Waals surface area (Å²) >= 11 is 0. The lowest BCUT2D eigenvalue weighted by atomic mass is 9.93. The van der Waals surface area contributed by atoms with Gasteiger partial charge in [0.05, 0.1) is 22.4 Å². The van der Waals surface area contributed by atoms with Gasteiger partial charge in [-0.3, -0.25) is 0 Å². The quantitative estimate of drug-likeness (QED) is 0.156. The van der Waals surface area contributed by atoms with Gasteiger partial charge in [0.2, 0.25) is 0 Å². The smallest absolute Gasteiger partial charge is 0.143 e. The molecule has 63 heavy (non-hydrogen) atoms. The first-order chi connectivity index (χ1) is 31.3. The second-order valence-corrected chi connectivity index (χ2v) is 16.4. The van der Waals surface area contributed by atoms with Crippen LogP contribution in [0.1, 0.15) is 0 Å². The Hall–Kier alpha value is -8.40. The molecule has 0 N–H and O–H groups in total. The third-order valence-electron chi connectivity index (χ3n) is 13.0. The van der Waals surface area contributed by atoms with Crippen molar-refractivity contribution in [3.8, 4) is 27.9 Å². The summed E-state index contributed by atoms with van der Waals surface area (Å²) in [6.07, 6.45) is 0. The lowest BCUT2D eigenvalue weighted by Gasteiger charge is -2.29. The van der Waals surface area contributed by atoms with Crippen LogP contribution in [0.15, 0.2) is 235 Å². The fourth-order valence-corrected chi connectivity index (χ4v) is 10.2. The molecule has 3 heteroatoms. The second kappa shape index (κ2) is 14.1. The zero-order chi connectivity index (χ0) is 41.4. The van der Waals surface area contributed by atoms with Crippen molar-refractivity contribution < 1.29 is 4.42 Å². The molecule has 0 fully saturated rings. The van der Waals surface area contributed by atoms with E-state index in [-0.39, 0.29) is 0 Å². The van der Waals surface area contributed by atoms with E-state index >= 15 is 0 Å². The van der Waals surface area contributed by atoms with E-state index in [4.69, 9.17) is 4.42 Å². The van der Waals surface area contributed by atoms with Crippen molar-refractivity contribution >= 4 is 93.1 Å². The van der Waals surface area contributed by atoms with Crippen molar-refractivity contribution in [3.63, 3.8) is 0 Å². The fraction of sp³-hybridized carbons (Fsp3) is 0. The minimum Gasteiger partial charge on any atom is -0.455 e. The Kier molecular flexibility index (Phi) is 7.91. The number of hydrogen-bond acceptors (Lipinski definition) is 2. The van der Waals surface area contributed by atoms with Crippen LogP contribution in [0.3, 0.4) is 0 Å². The van der Waals surface area contributed by atoms with Crippen LogP contribution in [0.4, 0.5) is 17.1 Å². The normalized spacial score (nSPS) is 11.8. The van der Waals surface area contributed by atoms with Gasteiger partial charge in [0.25, 0.3) is 0 Å². The molecule has 0 saturated heterocycles. The summed E-state index contributed by atoms with van der Waals surface area (Å²) in [4.78, 5) is 2.44. The van der Waals surface area contributed by atoms with Crippen LogP contribution >= 0.6 is 0 Å². The molecule has 0 aliphatic rings. The van der Waals surface area contributed by atoms with Crippen molar-refractivity contribution in [2.75, 3.05) is 4.90 Å². The SMILES string of the molecule is c1cc(-c2ccccc2-n2c3ccccc3c3ccccc32)cc(N(c2ccc3c4ccccc4c4ccccc4c3c2)c2ccccc2-c2cccc3c2oc2ccccc23)c1. The average molecular weight is 803 g/mol. The van der Waals surface area contributed by atoms with Crippen LogP contribution in [-0.2, 0) is 0 Å². The fourth-order valence-electron chi connectivity index (χ4n) is 10.2. The lowest BCUT2D eigenvalue weighted by Crippen LogP contribution is -2.11. The first kappa shape index (κ1) is 35.4. The van der Waals surface area contributed by atoms with Crippen molar-refractivity contribution in [2.45, 2.75) is 0 Å². The number of anilines is 3. The molecule has 294 valence electrons. The summed E-state index contributed by atoms with van der Waals surface area (Å²) in [5.74, 6) is 0. The number of furan rings is 1. The second-order valence-electron chi connectivity index (χ2n) is 16.4. The summed E-state index contributed by atoms with van der Waals surface area (Å²) in [6, 6.07) is 83.5. The number of para-hydroxylation sites is 6. The van der Waals surface area contributed by atoms with Gasteiger partial charge in [-0.25, -0.2) is 0 Å². The molecule has 0 radical (unpaired) electrons. The standard InChI is InChI=1S/C60H38N2O/c1-2-22-45-43(20-1)44-21-3-4-23-46(44)54-38-41(35-36-47(45)54)61(56-31-11-8-26-50(56)52-28-16-29-53-51-27-9-14-34-59(51)63-60(52)53)40-18-15-17-39(37-40)42-19-5-10-30-55(42)62-57-32-12-6-24-48(57)49-25-7-13-33-58(49)62/h1-38H. The Balaban J connectivity index is 1.07. The monoisotopic (exact) mass is 802 g/mol. The van der Waals surface area contributed by atoms with E-state index in [0.29, 0.717) is 0 Å². The van der Waals surface area contributed by atoms with E-state index in [1.807, 2.05) is 6.07 Å². The van der Waals surface area contributed by atoms with Gasteiger partial charge in [-0.1, -0.05) is 176 Å². The summed E-state index contributed by atoms with van der Waals surface area (Å²) in [7, 11) is 0. The van der Waals surface area contributed by atoms with Gasteiger partial charge in [-0.15, -0.1) is 0 Å². The van der Waals surface area contributed by atoms with E-state index in [2.05, 4.69) is 234 Å². The number of aromatic nitrogens is 1. The van der Waals surface area contributed by atoms with Crippen LogP contribution in [0.2, 0.25) is 0 Å². The topological polar surface area (TPSA) is 21.3 Å². The Labute approximate surface area is 363 Å². The predicted octanol–water partition coefficient (Wildman–Crippen LogP) is 16.9. The number of benzene rings is 11. The van der Waals surface area contributed by atoms with Crippen molar-refractivity contribution in [1.29, 1.82) is 0 Å². The molecule has 13 rings (SSSR count). The molecule has 13 aromatic rings. The Morgan fingerprint density at radius 1 is 0.317 bits per heavy atom. The number of nitrogens with zero attached hydrogens (tertiary/aromatic N) is 2. The lowest BCUT2D eigenvalue weighted by molar-refractivity contribution is 0.670. The van der Waals surface area contributed by atoms with Gasteiger partial charge in [0.1, 0.15) is 11.2 Å². The molecule has 2 heterocycles. The van der Waals surface area contributed by atoms with E-state index in [1.54, 1.807) is 0 Å². The average Bonchev–Trinajstić information content (AvgIpc) is 3.91. The van der Waals surface area contributed by atoms with Crippen LogP contribution in [-0.4, -0.2) is 4.57 Å². The third kappa shape index (κ3) is 5.46. The number of hydrogen-bond donors (Lipinski definition) is 0. The highest BCUT2D eigenvalue weighted by Crippen LogP contribution is 2.47. The summed E-state index contributed by atoms with van der Waals surface area (Å²) in [6.45, 7) is 0. The van der Waals surface area contributed by atoms with Gasteiger partial charge in [0.15, 0.2) is 0 Å². The zero-order valence-corrected chi connectivity index (χ0v) is 34.2. The van der Waals surface area contributed by atoms with Gasteiger partial charge < -0.3 is 13.9 Å². The first-order valence-electron chi connectivity index (χ1n) is 21.6. The van der Waals surface area contributed by atoms with Crippen molar-refractivity contribution in [1.82, 2.24) is 4.57 Å². The molecule has 2 aromatic heterocycles. The molecule has 0 aliphatic carbocycles. The van der Waals surface area contributed by atoms with Crippen LogP contribution in [0, 0.1) is 0 Å². The minimum atomic E-state index is 0.885. The zero-order valence-electron chi connectivity index (χ0n) is 34.2. The van der Waals surface area contributed by atoms with E-state index < -0.39 is 0 Å². The predicted molar refractivity (Wildman–Crippen MR) is 266 cm³/mol. The van der Waals surface area contributed by atoms with Gasteiger partial charge in [-0.05, 0) is 92.5 Å². The Morgan fingerprint density at radius 3 is 1.56 bits per heavy atom. The molecule has 0 spiro atoms. The molecule has 0 bridgehead atoms. The van der Waals surface area contributed by atoms with Gasteiger partial charge in [-0.2, -0.15) is 0 Å². The summed E-state index contributed by atoms with van der Waals surface area (Å²) in [5.41, 5.74) is 12.9. The Morgan fingerprint density at radius 2 is 0.825 bits per heavy atom. The van der Waals surface area contributed by atoms with E-state index in [1.165, 1.54) is 54.1 Å².